The number of sulfonamides is 1. The van der Waals surface area contributed by atoms with Crippen molar-refractivity contribution < 1.29 is 17.7 Å². The van der Waals surface area contributed by atoms with E-state index in [1.807, 2.05) is 17.5 Å². The first-order chi connectivity index (χ1) is 14.9. The summed E-state index contributed by atoms with van der Waals surface area (Å²) in [6.07, 6.45) is 0.615. The summed E-state index contributed by atoms with van der Waals surface area (Å²) in [5.74, 6) is -0.160. The lowest BCUT2D eigenvalue weighted by atomic mass is 10.1. The molecular formula is C21H18N4O4S2. The molecule has 8 nitrogen and oxygen atoms in total. The zero-order chi connectivity index (χ0) is 21.6. The van der Waals surface area contributed by atoms with Gasteiger partial charge >= 0.3 is 0 Å². The molecule has 3 aromatic heterocycles. The number of pyridine rings is 1. The molecule has 0 aliphatic carbocycles. The number of nitrogens with one attached hydrogen (secondary N) is 1. The molecule has 0 saturated carbocycles. The van der Waals surface area contributed by atoms with E-state index in [-0.39, 0.29) is 11.7 Å². The number of carbonyl (C=O) groups is 1. The van der Waals surface area contributed by atoms with Gasteiger partial charge in [0.25, 0.3) is 11.6 Å². The number of aromatic nitrogens is 2. The smallest absolute Gasteiger partial charge is 0.259 e. The molecule has 1 N–H and O–H groups in total. The van der Waals surface area contributed by atoms with Gasteiger partial charge in [-0.05, 0) is 55.1 Å². The summed E-state index contributed by atoms with van der Waals surface area (Å²) in [5.41, 5.74) is 3.10. The summed E-state index contributed by atoms with van der Waals surface area (Å²) in [6.45, 7) is 2.24. The van der Waals surface area contributed by atoms with Crippen LogP contribution >= 0.6 is 11.3 Å². The molecular weight excluding hydrogens is 436 g/mol. The topological polar surface area (TPSA) is 105 Å². The molecule has 1 amide bonds. The molecule has 1 saturated heterocycles. The third kappa shape index (κ3) is 3.57. The van der Waals surface area contributed by atoms with E-state index in [2.05, 4.69) is 15.5 Å². The second kappa shape index (κ2) is 7.47. The average Bonchev–Trinajstić information content (AvgIpc) is 3.49. The van der Waals surface area contributed by atoms with E-state index in [9.17, 15) is 13.2 Å². The largest absolute Gasteiger partial charge is 0.335 e. The first-order valence-corrected chi connectivity index (χ1v) is 12.1. The molecule has 5 rings (SSSR count). The standard InChI is InChI=1S/C21H18N4O4S2/c1-13-19-16(12-17(18-4-2-10-30-18)23-21(19)29-24-13)20(26)22-14-5-7-15(8-6-14)25-9-3-11-31(25,27)28/h2,4-8,10,12H,3,9,11H2,1H3,(H,22,26). The fraction of sp³-hybridized carbons (Fsp3) is 0.190. The minimum absolute atomic E-state index is 0.161. The van der Waals surface area contributed by atoms with Gasteiger partial charge in [0, 0.05) is 12.2 Å². The van der Waals surface area contributed by atoms with Crippen LogP contribution in [0.4, 0.5) is 11.4 Å². The second-order valence-corrected chi connectivity index (χ2v) is 10.2. The van der Waals surface area contributed by atoms with Crippen LogP contribution in [-0.4, -0.2) is 36.8 Å². The molecule has 0 atom stereocenters. The van der Waals surface area contributed by atoms with Crippen molar-refractivity contribution in [3.05, 3.63) is 59.1 Å². The number of amides is 1. The van der Waals surface area contributed by atoms with E-state index >= 15 is 0 Å². The lowest BCUT2D eigenvalue weighted by molar-refractivity contribution is 0.102. The number of fused-ring (bicyclic) bond motifs is 1. The molecule has 0 bridgehead atoms. The Kier molecular flexibility index (Phi) is 4.75. The van der Waals surface area contributed by atoms with E-state index in [1.165, 1.54) is 15.6 Å². The molecule has 0 spiro atoms. The number of rotatable bonds is 4. The van der Waals surface area contributed by atoms with Gasteiger partial charge in [0.1, 0.15) is 0 Å². The molecule has 4 heterocycles. The first kappa shape index (κ1) is 19.7. The van der Waals surface area contributed by atoms with Crippen molar-refractivity contribution in [3.8, 4) is 10.6 Å². The third-order valence-corrected chi connectivity index (χ3v) is 7.91. The van der Waals surface area contributed by atoms with Gasteiger partial charge in [-0.2, -0.15) is 0 Å². The van der Waals surface area contributed by atoms with Gasteiger partial charge < -0.3 is 9.84 Å². The molecule has 158 valence electrons. The number of anilines is 2. The van der Waals surface area contributed by atoms with Crippen LogP contribution in [0, 0.1) is 6.92 Å². The number of benzene rings is 1. The summed E-state index contributed by atoms with van der Waals surface area (Å²) in [6, 6.07) is 12.4. The van der Waals surface area contributed by atoms with Crippen molar-refractivity contribution in [2.24, 2.45) is 0 Å². The van der Waals surface area contributed by atoms with Gasteiger partial charge in [0.2, 0.25) is 10.0 Å². The van der Waals surface area contributed by atoms with E-state index in [0.717, 1.165) is 4.88 Å². The van der Waals surface area contributed by atoms with Crippen molar-refractivity contribution in [3.63, 3.8) is 0 Å². The summed E-state index contributed by atoms with van der Waals surface area (Å²) >= 11 is 1.52. The van der Waals surface area contributed by atoms with Gasteiger partial charge in [-0.15, -0.1) is 11.3 Å². The Morgan fingerprint density at radius 3 is 2.71 bits per heavy atom. The van der Waals surface area contributed by atoms with Crippen LogP contribution in [0.1, 0.15) is 22.5 Å². The Hall–Kier alpha value is -3.24. The minimum atomic E-state index is -3.25. The fourth-order valence-corrected chi connectivity index (χ4v) is 5.91. The van der Waals surface area contributed by atoms with Crippen molar-refractivity contribution in [1.29, 1.82) is 0 Å². The number of carbonyl (C=O) groups excluding carboxylic acids is 1. The molecule has 0 unspecified atom stereocenters. The quantitative estimate of drug-likeness (QED) is 0.499. The number of hydrogen-bond acceptors (Lipinski definition) is 7. The van der Waals surface area contributed by atoms with Crippen LogP contribution in [0.15, 0.2) is 52.4 Å². The molecule has 1 aliphatic heterocycles. The average molecular weight is 455 g/mol. The van der Waals surface area contributed by atoms with Gasteiger partial charge in [-0.25, -0.2) is 13.4 Å². The van der Waals surface area contributed by atoms with E-state index in [0.29, 0.717) is 52.4 Å². The molecule has 1 aromatic carbocycles. The Balaban J connectivity index is 1.46. The lowest BCUT2D eigenvalue weighted by Gasteiger charge is -2.17. The third-order valence-electron chi connectivity index (χ3n) is 5.15. The molecule has 1 fully saturated rings. The van der Waals surface area contributed by atoms with E-state index < -0.39 is 10.0 Å². The predicted molar refractivity (Wildman–Crippen MR) is 120 cm³/mol. The van der Waals surface area contributed by atoms with Crippen LogP contribution < -0.4 is 9.62 Å². The predicted octanol–water partition coefficient (Wildman–Crippen LogP) is 4.05. The summed E-state index contributed by atoms with van der Waals surface area (Å²) in [7, 11) is -3.25. The van der Waals surface area contributed by atoms with Crippen molar-refractivity contribution in [2.75, 3.05) is 21.9 Å². The molecule has 10 heteroatoms. The van der Waals surface area contributed by atoms with Crippen molar-refractivity contribution in [1.82, 2.24) is 10.1 Å². The van der Waals surface area contributed by atoms with Crippen LogP contribution in [0.5, 0.6) is 0 Å². The fourth-order valence-electron chi connectivity index (χ4n) is 3.66. The van der Waals surface area contributed by atoms with E-state index in [1.54, 1.807) is 37.3 Å². The number of nitrogens with zero attached hydrogens (tertiary/aromatic N) is 3. The maximum Gasteiger partial charge on any atom is 0.259 e. The number of thiophene rings is 1. The normalized spacial score (nSPS) is 15.5. The summed E-state index contributed by atoms with van der Waals surface area (Å²) in [4.78, 5) is 18.5. The highest BCUT2D eigenvalue weighted by atomic mass is 32.2. The summed E-state index contributed by atoms with van der Waals surface area (Å²) < 4.78 is 30.9. The van der Waals surface area contributed by atoms with Crippen LogP contribution in [0.25, 0.3) is 21.7 Å². The maximum atomic E-state index is 13.1. The highest BCUT2D eigenvalue weighted by Crippen LogP contribution is 2.30. The number of aryl methyl sites for hydroxylation is 1. The number of hydrogen-bond donors (Lipinski definition) is 1. The van der Waals surface area contributed by atoms with Crippen LogP contribution in [0.3, 0.4) is 0 Å². The Morgan fingerprint density at radius 1 is 1.23 bits per heavy atom. The highest BCUT2D eigenvalue weighted by molar-refractivity contribution is 7.93. The second-order valence-electron chi connectivity index (χ2n) is 7.22. The Morgan fingerprint density at radius 2 is 2.03 bits per heavy atom. The Labute approximate surface area is 182 Å². The van der Waals surface area contributed by atoms with Gasteiger partial charge in [-0.1, -0.05) is 11.2 Å². The first-order valence-electron chi connectivity index (χ1n) is 9.65. The van der Waals surface area contributed by atoms with Gasteiger partial charge in [0.15, 0.2) is 0 Å². The minimum Gasteiger partial charge on any atom is -0.335 e. The maximum absolute atomic E-state index is 13.1. The monoisotopic (exact) mass is 454 g/mol. The zero-order valence-electron chi connectivity index (χ0n) is 16.5. The zero-order valence-corrected chi connectivity index (χ0v) is 18.2. The molecule has 4 aromatic rings. The van der Waals surface area contributed by atoms with Gasteiger partial charge in [0.05, 0.1) is 38.7 Å². The van der Waals surface area contributed by atoms with Crippen molar-refractivity contribution >= 4 is 49.7 Å². The van der Waals surface area contributed by atoms with Gasteiger partial charge in [-0.3, -0.25) is 9.10 Å². The summed E-state index contributed by atoms with van der Waals surface area (Å²) in [5, 5.41) is 9.35. The SMILES string of the molecule is Cc1noc2nc(-c3cccs3)cc(C(=O)Nc3ccc(N4CCCS4(=O)=O)cc3)c12. The highest BCUT2D eigenvalue weighted by Gasteiger charge is 2.28. The van der Waals surface area contributed by atoms with Crippen LogP contribution in [0.2, 0.25) is 0 Å². The Bertz CT molecular complexity index is 1380. The molecule has 31 heavy (non-hydrogen) atoms. The van der Waals surface area contributed by atoms with Crippen LogP contribution in [-0.2, 0) is 10.0 Å². The van der Waals surface area contributed by atoms with Crippen molar-refractivity contribution in [2.45, 2.75) is 13.3 Å². The lowest BCUT2D eigenvalue weighted by Crippen LogP contribution is -2.25. The molecule has 0 radical (unpaired) electrons. The molecule has 1 aliphatic rings. The van der Waals surface area contributed by atoms with E-state index in [4.69, 9.17) is 4.52 Å².